The predicted octanol–water partition coefficient (Wildman–Crippen LogP) is 40.4. The molecule has 148 heavy (non-hydrogen) atoms. The summed E-state index contributed by atoms with van der Waals surface area (Å²) in [6, 6.07) is 177. The molecular weight excluding hydrogens is 1790 g/mol. The van der Waals surface area contributed by atoms with Gasteiger partial charge in [0.25, 0.3) is 0 Å². The Balaban J connectivity index is 0.000000166. The number of benzene rings is 22. The van der Waals surface area contributed by atoms with Crippen LogP contribution >= 0.6 is 0 Å². The summed E-state index contributed by atoms with van der Waals surface area (Å²) in [5, 5.41) is 9.66. The van der Waals surface area contributed by atoms with Gasteiger partial charge < -0.3 is 19.6 Å². The van der Waals surface area contributed by atoms with Crippen LogP contribution in [0.4, 0.5) is 68.2 Å². The molecule has 0 saturated heterocycles. The van der Waals surface area contributed by atoms with Crippen molar-refractivity contribution in [2.24, 2.45) is 0 Å². The third kappa shape index (κ3) is 15.4. The summed E-state index contributed by atoms with van der Waals surface area (Å²) in [5.74, 6) is 0. The van der Waals surface area contributed by atoms with Gasteiger partial charge in [-0.25, -0.2) is 0 Å². The van der Waals surface area contributed by atoms with Crippen molar-refractivity contribution in [3.05, 3.63) is 529 Å². The first-order valence-electron chi connectivity index (χ1n) is 52.5. The van der Waals surface area contributed by atoms with Gasteiger partial charge in [-0.05, 0) is 344 Å². The molecule has 22 aromatic rings. The molecule has 0 heterocycles. The third-order valence-electron chi connectivity index (χ3n) is 32.8. The molecule has 4 heteroatoms. The van der Waals surface area contributed by atoms with Crippen molar-refractivity contribution in [1.29, 1.82) is 0 Å². The van der Waals surface area contributed by atoms with Crippen LogP contribution in [0, 0.1) is 0 Å². The second-order valence-corrected chi connectivity index (χ2v) is 45.1. The van der Waals surface area contributed by atoms with E-state index in [0.29, 0.717) is 0 Å². The van der Waals surface area contributed by atoms with Crippen LogP contribution in [0.1, 0.15) is 153 Å². The average Bonchev–Trinajstić information content (AvgIpc) is 1.12. The fourth-order valence-electron chi connectivity index (χ4n) is 25.1. The summed E-state index contributed by atoms with van der Waals surface area (Å²) in [7, 11) is 0. The molecule has 716 valence electrons. The molecule has 0 atom stereocenters. The molecule has 0 spiro atoms. The number of rotatable bonds is 16. The Bertz CT molecular complexity index is 8250. The van der Waals surface area contributed by atoms with E-state index in [4.69, 9.17) is 0 Å². The zero-order valence-corrected chi connectivity index (χ0v) is 86.8. The highest BCUT2D eigenvalue weighted by Gasteiger charge is 2.42. The van der Waals surface area contributed by atoms with Crippen molar-refractivity contribution in [2.75, 3.05) is 19.6 Å². The van der Waals surface area contributed by atoms with Crippen molar-refractivity contribution >= 4 is 111 Å². The SMILES string of the molecule is CC(C)(C)c1ccc(N(c2ccccc2)c2ccc3c(-c4ccccc4)c4cc(N(c5ccccc5)c5ccc(C(C)(C)C)cc5)ccc4c(-c4ccccc4)c3c2)cc1.CC1(C)c2ccccc2-c2ccc(N(c3ccc4c(c3)C(C)(C)c3ccccc3-4)c3ccc4c(-c5ccccc5)c5cc(N(c6ccc7c(c6)C(C)(C)c6ccccc6-7)c6ccc7c(c6)C(C)(C)c6ccccc6-7)ccc5c(-c5ccccc5)c4c3)cc21. The summed E-state index contributed by atoms with van der Waals surface area (Å²) >= 11 is 0. The number of hydrogen-bond acceptors (Lipinski definition) is 4. The molecule has 0 N–H and O–H groups in total. The van der Waals surface area contributed by atoms with Crippen molar-refractivity contribution in [2.45, 2.75) is 129 Å². The minimum Gasteiger partial charge on any atom is -0.310 e. The van der Waals surface area contributed by atoms with E-state index in [1.165, 1.54) is 188 Å². The van der Waals surface area contributed by atoms with E-state index in [1.807, 2.05) is 0 Å². The first-order valence-corrected chi connectivity index (χ1v) is 52.5. The second-order valence-electron chi connectivity index (χ2n) is 45.1. The highest BCUT2D eigenvalue weighted by atomic mass is 15.2. The van der Waals surface area contributed by atoms with Gasteiger partial charge in [0.2, 0.25) is 0 Å². The Morgan fingerprint density at radius 1 is 0.142 bits per heavy atom. The molecule has 0 radical (unpaired) electrons. The molecule has 22 aromatic carbocycles. The summed E-state index contributed by atoms with van der Waals surface area (Å²) in [4.78, 5) is 9.85. The lowest BCUT2D eigenvalue weighted by Crippen LogP contribution is -2.18. The molecule has 0 aliphatic heterocycles. The molecule has 0 unspecified atom stereocenters. The summed E-state index contributed by atoms with van der Waals surface area (Å²) in [6.45, 7) is 32.7. The number of nitrogens with zero attached hydrogens (tertiary/aromatic N) is 4. The Morgan fingerprint density at radius 2 is 0.311 bits per heavy atom. The lowest BCUT2D eigenvalue weighted by molar-refractivity contribution is 0.590. The Hall–Kier alpha value is -16.9. The first-order chi connectivity index (χ1) is 71.7. The Morgan fingerprint density at radius 3 is 0.534 bits per heavy atom. The number of fused-ring (bicyclic) bond motifs is 16. The summed E-state index contributed by atoms with van der Waals surface area (Å²) < 4.78 is 0. The largest absolute Gasteiger partial charge is 0.310 e. The topological polar surface area (TPSA) is 13.0 Å². The average molecular weight is 1910 g/mol. The van der Waals surface area contributed by atoms with Crippen LogP contribution in [-0.2, 0) is 32.5 Å². The molecule has 4 aliphatic carbocycles. The van der Waals surface area contributed by atoms with Gasteiger partial charge in [-0.2, -0.15) is 0 Å². The zero-order chi connectivity index (χ0) is 101. The quantitative estimate of drug-likeness (QED) is 0.0894. The van der Waals surface area contributed by atoms with Crippen molar-refractivity contribution in [1.82, 2.24) is 0 Å². The maximum atomic E-state index is 2.53. The van der Waals surface area contributed by atoms with Crippen molar-refractivity contribution in [3.8, 4) is 89.0 Å². The summed E-state index contributed by atoms with van der Waals surface area (Å²) in [6.07, 6.45) is 0. The normalized spacial score (nSPS) is 13.8. The fourth-order valence-corrected chi connectivity index (χ4v) is 25.1. The van der Waals surface area contributed by atoms with E-state index in [2.05, 4.69) is 590 Å². The van der Waals surface area contributed by atoms with E-state index in [9.17, 15) is 0 Å². The Labute approximate surface area is 871 Å². The molecule has 0 saturated carbocycles. The highest BCUT2D eigenvalue weighted by molar-refractivity contribution is 6.25. The van der Waals surface area contributed by atoms with Crippen LogP contribution in [0.15, 0.2) is 473 Å². The van der Waals surface area contributed by atoms with Crippen LogP contribution < -0.4 is 19.6 Å². The van der Waals surface area contributed by atoms with Gasteiger partial charge in [-0.1, -0.05) is 425 Å². The minimum absolute atomic E-state index is 0.0629. The molecule has 4 nitrogen and oxygen atoms in total. The maximum Gasteiger partial charge on any atom is 0.0468 e. The van der Waals surface area contributed by atoms with Crippen LogP contribution in [0.3, 0.4) is 0 Å². The maximum absolute atomic E-state index is 2.53. The summed E-state index contributed by atoms with van der Waals surface area (Å²) in [5.41, 5.74) is 46.6. The van der Waals surface area contributed by atoms with Gasteiger partial charge in [0.1, 0.15) is 0 Å². The van der Waals surface area contributed by atoms with E-state index < -0.39 is 0 Å². The van der Waals surface area contributed by atoms with Gasteiger partial charge in [0, 0.05) is 89.9 Å². The van der Waals surface area contributed by atoms with E-state index in [0.717, 1.165) is 68.2 Å². The van der Waals surface area contributed by atoms with Gasteiger partial charge in [-0.3, -0.25) is 0 Å². The van der Waals surface area contributed by atoms with Crippen LogP contribution in [0.25, 0.3) is 132 Å². The first kappa shape index (κ1) is 92.2. The van der Waals surface area contributed by atoms with Gasteiger partial charge in [0.15, 0.2) is 0 Å². The third-order valence-corrected chi connectivity index (χ3v) is 32.8. The lowest BCUT2D eigenvalue weighted by Gasteiger charge is -2.31. The van der Waals surface area contributed by atoms with Gasteiger partial charge >= 0.3 is 0 Å². The molecule has 0 fully saturated rings. The smallest absolute Gasteiger partial charge is 0.0468 e. The van der Waals surface area contributed by atoms with Gasteiger partial charge in [-0.15, -0.1) is 0 Å². The fraction of sp³-hybridized carbons (Fsp3) is 0.139. The zero-order valence-electron chi connectivity index (χ0n) is 86.8. The molecular formula is C144H120N4. The molecule has 0 amide bonds. The van der Waals surface area contributed by atoms with Crippen molar-refractivity contribution in [3.63, 3.8) is 0 Å². The molecule has 0 aromatic heterocycles. The van der Waals surface area contributed by atoms with Crippen LogP contribution in [0.2, 0.25) is 0 Å². The Kier molecular flexibility index (Phi) is 22.1. The van der Waals surface area contributed by atoms with Crippen molar-refractivity contribution < 1.29 is 0 Å². The van der Waals surface area contributed by atoms with Crippen LogP contribution in [0.5, 0.6) is 0 Å². The number of anilines is 12. The monoisotopic (exact) mass is 1900 g/mol. The lowest BCUT2D eigenvalue weighted by atomic mass is 9.82. The van der Waals surface area contributed by atoms with Gasteiger partial charge in [0.05, 0.1) is 0 Å². The second kappa shape index (κ2) is 35.5. The van der Waals surface area contributed by atoms with E-state index >= 15 is 0 Å². The van der Waals surface area contributed by atoms with E-state index in [-0.39, 0.29) is 32.5 Å². The molecule has 26 rings (SSSR count). The molecule has 4 aliphatic rings. The minimum atomic E-state index is -0.178. The molecule has 0 bridgehead atoms. The number of para-hydroxylation sites is 2. The predicted molar refractivity (Wildman–Crippen MR) is 631 cm³/mol. The van der Waals surface area contributed by atoms with E-state index in [1.54, 1.807) is 0 Å². The number of hydrogen-bond donors (Lipinski definition) is 0. The standard InChI is InChI=1S/C86H68N2.C58H52N2/c1-83(2)73-31-19-15-27-61(73)65-41-35-57(49-77(65)83)87(58-36-42-66-62-28-16-20-32-74(62)84(3,4)78(66)50-58)55-39-45-69-71(47-55)81(53-23-11-9-12-24-53)70-46-40-56(48-72(70)82(69)54-25-13-10-14-26-54)88(59-37-43-67-63-29-17-21-33-75(63)85(5,6)79(67)51-59)60-38-44-68-64-30-18-22-34-76(64)86(7,8)80(68)52-60;1-57(2,3)43-27-31-47(32-28-43)59(45-23-15-9-16-24-45)49-35-37-51-53(39-49)55(41-19-11-7-12-20-41)52-38-36-50(40-54(52)56(51)42-21-13-8-14-22-42)60(46-25-17-10-18-26-46)48-33-29-44(30-34-48)58(4,5)6/h9-52H,1-8H3;7-40H,1-6H3. The van der Waals surface area contributed by atoms with Crippen LogP contribution in [-0.4, -0.2) is 0 Å². The highest BCUT2D eigenvalue weighted by Crippen LogP contribution is 2.60.